The van der Waals surface area contributed by atoms with Crippen LogP contribution < -0.4 is 0 Å². The molecule has 0 fully saturated rings. The monoisotopic (exact) mass is 168 g/mol. The summed E-state index contributed by atoms with van der Waals surface area (Å²) in [5.74, 6) is -0.128. The van der Waals surface area contributed by atoms with Crippen LogP contribution in [-0.2, 0) is 9.53 Å². The zero-order valence-corrected chi connectivity index (χ0v) is 7.20. The van der Waals surface area contributed by atoms with Crippen molar-refractivity contribution in [3.8, 4) is 0 Å². The second kappa shape index (κ2) is 3.43. The van der Waals surface area contributed by atoms with Crippen LogP contribution in [0.2, 0.25) is 0 Å². The van der Waals surface area contributed by atoms with Gasteiger partial charge in [-0.1, -0.05) is 6.92 Å². The lowest BCUT2D eigenvalue weighted by Gasteiger charge is -2.16. The number of methoxy groups -OCH3 is 1. The average Bonchev–Trinajstić information content (AvgIpc) is 2.05. The van der Waals surface area contributed by atoms with Crippen LogP contribution in [0.25, 0.3) is 0 Å². The Hall–Kier alpha value is -1.25. The predicted molar refractivity (Wildman–Crippen MR) is 44.6 cm³/mol. The zero-order chi connectivity index (χ0) is 9.14. The third kappa shape index (κ3) is 1.67. The summed E-state index contributed by atoms with van der Waals surface area (Å²) >= 11 is 0. The lowest BCUT2D eigenvalue weighted by atomic mass is 9.93. The minimum absolute atomic E-state index is 0.0846. The van der Waals surface area contributed by atoms with Crippen molar-refractivity contribution < 1.29 is 14.6 Å². The van der Waals surface area contributed by atoms with Gasteiger partial charge in [-0.15, -0.1) is 0 Å². The second-order valence-electron chi connectivity index (χ2n) is 2.85. The highest BCUT2D eigenvalue weighted by Crippen LogP contribution is 2.23. The lowest BCUT2D eigenvalue weighted by Crippen LogP contribution is -2.13. The fourth-order valence-corrected chi connectivity index (χ4v) is 1.19. The number of allylic oxidation sites excluding steroid dienone is 2. The van der Waals surface area contributed by atoms with Crippen molar-refractivity contribution in [1.82, 2.24) is 0 Å². The molecule has 0 spiro atoms. The summed E-state index contributed by atoms with van der Waals surface area (Å²) in [6.45, 7) is 1.89. The summed E-state index contributed by atoms with van der Waals surface area (Å²) < 4.78 is 4.94. The molecule has 0 saturated heterocycles. The molecule has 0 bridgehead atoms. The van der Waals surface area contributed by atoms with E-state index in [1.807, 2.05) is 13.0 Å². The van der Waals surface area contributed by atoms with E-state index in [2.05, 4.69) is 0 Å². The molecule has 3 nitrogen and oxygen atoms in total. The van der Waals surface area contributed by atoms with Crippen molar-refractivity contribution in [2.75, 3.05) is 7.11 Å². The molecule has 12 heavy (non-hydrogen) atoms. The number of hydrogen-bond acceptors (Lipinski definition) is 2. The van der Waals surface area contributed by atoms with Gasteiger partial charge in [-0.2, -0.15) is 0 Å². The number of hydrogen-bond donors (Lipinski definition) is 1. The highest BCUT2D eigenvalue weighted by Gasteiger charge is 2.19. The Balaban J connectivity index is 2.87. The van der Waals surface area contributed by atoms with E-state index in [-0.39, 0.29) is 5.92 Å². The van der Waals surface area contributed by atoms with Crippen LogP contribution in [0.3, 0.4) is 0 Å². The molecule has 1 N–H and O–H groups in total. The van der Waals surface area contributed by atoms with Gasteiger partial charge in [0.1, 0.15) is 5.76 Å². The third-order valence-electron chi connectivity index (χ3n) is 1.98. The molecule has 1 rings (SSSR count). The largest absolute Gasteiger partial charge is 0.497 e. The van der Waals surface area contributed by atoms with E-state index in [0.29, 0.717) is 11.3 Å². The second-order valence-corrected chi connectivity index (χ2v) is 2.85. The Morgan fingerprint density at radius 3 is 2.92 bits per heavy atom. The first-order chi connectivity index (χ1) is 5.65. The van der Waals surface area contributed by atoms with Crippen molar-refractivity contribution in [3.05, 3.63) is 23.5 Å². The molecule has 66 valence electrons. The standard InChI is InChI=1S/C9H12O3/c1-6-3-4-7(12-2)5-8(6)9(10)11/h4-6H,3H2,1-2H3,(H,10,11). The van der Waals surface area contributed by atoms with Gasteiger partial charge < -0.3 is 9.84 Å². The Labute approximate surface area is 71.3 Å². The van der Waals surface area contributed by atoms with E-state index in [4.69, 9.17) is 9.84 Å². The Morgan fingerprint density at radius 1 is 1.75 bits per heavy atom. The predicted octanol–water partition coefficient (Wildman–Crippen LogP) is 1.57. The van der Waals surface area contributed by atoms with Crippen LogP contribution in [0.1, 0.15) is 13.3 Å². The van der Waals surface area contributed by atoms with Gasteiger partial charge >= 0.3 is 5.97 Å². The van der Waals surface area contributed by atoms with Gasteiger partial charge in [-0.25, -0.2) is 4.79 Å². The molecule has 0 amide bonds. The maximum Gasteiger partial charge on any atom is 0.331 e. The minimum Gasteiger partial charge on any atom is -0.497 e. The van der Waals surface area contributed by atoms with Crippen molar-refractivity contribution >= 4 is 5.97 Å². The summed E-state index contributed by atoms with van der Waals surface area (Å²) in [7, 11) is 1.54. The highest BCUT2D eigenvalue weighted by atomic mass is 16.5. The molecular formula is C9H12O3. The van der Waals surface area contributed by atoms with Crippen LogP contribution in [0.5, 0.6) is 0 Å². The van der Waals surface area contributed by atoms with Gasteiger partial charge in [0.15, 0.2) is 0 Å². The molecule has 0 aromatic carbocycles. The van der Waals surface area contributed by atoms with E-state index >= 15 is 0 Å². The van der Waals surface area contributed by atoms with Gasteiger partial charge in [0, 0.05) is 5.57 Å². The maximum absolute atomic E-state index is 10.7. The Morgan fingerprint density at radius 2 is 2.42 bits per heavy atom. The van der Waals surface area contributed by atoms with Gasteiger partial charge in [-0.05, 0) is 24.5 Å². The quantitative estimate of drug-likeness (QED) is 0.680. The summed E-state index contributed by atoms with van der Waals surface area (Å²) in [4.78, 5) is 10.7. The maximum atomic E-state index is 10.7. The minimum atomic E-state index is -0.856. The first kappa shape index (κ1) is 8.84. The fourth-order valence-electron chi connectivity index (χ4n) is 1.19. The zero-order valence-electron chi connectivity index (χ0n) is 7.20. The molecule has 0 saturated carbocycles. The van der Waals surface area contributed by atoms with Gasteiger partial charge in [0.05, 0.1) is 7.11 Å². The molecule has 0 radical (unpaired) electrons. The Bertz CT molecular complexity index is 250. The van der Waals surface area contributed by atoms with Crippen LogP contribution in [0, 0.1) is 5.92 Å². The topological polar surface area (TPSA) is 46.5 Å². The molecule has 0 aliphatic heterocycles. The van der Waals surface area contributed by atoms with Crippen molar-refractivity contribution in [2.24, 2.45) is 5.92 Å². The molecular weight excluding hydrogens is 156 g/mol. The molecule has 3 heteroatoms. The van der Waals surface area contributed by atoms with Gasteiger partial charge in [-0.3, -0.25) is 0 Å². The smallest absolute Gasteiger partial charge is 0.331 e. The molecule has 1 aliphatic rings. The van der Waals surface area contributed by atoms with Crippen molar-refractivity contribution in [1.29, 1.82) is 0 Å². The first-order valence-corrected chi connectivity index (χ1v) is 3.84. The van der Waals surface area contributed by atoms with Crippen molar-refractivity contribution in [2.45, 2.75) is 13.3 Å². The summed E-state index contributed by atoms with van der Waals surface area (Å²) in [6, 6.07) is 0. The number of carbonyl (C=O) groups is 1. The number of carboxylic acid groups (broad SMARTS) is 1. The van der Waals surface area contributed by atoms with Gasteiger partial charge in [0.25, 0.3) is 0 Å². The summed E-state index contributed by atoms with van der Waals surface area (Å²) in [5, 5.41) is 8.77. The third-order valence-corrected chi connectivity index (χ3v) is 1.98. The van der Waals surface area contributed by atoms with Crippen molar-refractivity contribution in [3.63, 3.8) is 0 Å². The lowest BCUT2D eigenvalue weighted by molar-refractivity contribution is -0.133. The van der Waals surface area contributed by atoms with Crippen LogP contribution in [0.15, 0.2) is 23.5 Å². The summed E-state index contributed by atoms with van der Waals surface area (Å²) in [5.41, 5.74) is 0.425. The number of aliphatic carboxylic acids is 1. The number of ether oxygens (including phenoxy) is 1. The number of rotatable bonds is 2. The van der Waals surface area contributed by atoms with E-state index in [1.54, 1.807) is 6.08 Å². The van der Waals surface area contributed by atoms with E-state index in [9.17, 15) is 4.79 Å². The molecule has 1 atom stereocenters. The fraction of sp³-hybridized carbons (Fsp3) is 0.444. The van der Waals surface area contributed by atoms with Gasteiger partial charge in [0.2, 0.25) is 0 Å². The highest BCUT2D eigenvalue weighted by molar-refractivity contribution is 5.88. The molecule has 0 aromatic heterocycles. The van der Waals surface area contributed by atoms with E-state index in [1.165, 1.54) is 7.11 Å². The molecule has 1 aliphatic carbocycles. The summed E-state index contributed by atoms with van der Waals surface area (Å²) in [6.07, 6.45) is 4.22. The average molecular weight is 168 g/mol. The molecule has 0 heterocycles. The SMILES string of the molecule is COC1=CCC(C)C(C(=O)O)=C1. The van der Waals surface area contributed by atoms with Crippen LogP contribution >= 0.6 is 0 Å². The molecule has 1 unspecified atom stereocenters. The van der Waals surface area contributed by atoms with Crippen LogP contribution in [0.4, 0.5) is 0 Å². The Kier molecular flexibility index (Phi) is 2.53. The number of carboxylic acids is 1. The van der Waals surface area contributed by atoms with Crippen LogP contribution in [-0.4, -0.2) is 18.2 Å². The normalized spacial score (nSPS) is 22.7. The van der Waals surface area contributed by atoms with E-state index < -0.39 is 5.97 Å². The molecule has 0 aromatic rings. The first-order valence-electron chi connectivity index (χ1n) is 3.84. The van der Waals surface area contributed by atoms with E-state index in [0.717, 1.165) is 6.42 Å².